The molecule has 5 atom stereocenters. The average Bonchev–Trinajstić information content (AvgIpc) is 3.15. The van der Waals surface area contributed by atoms with Crippen LogP contribution in [0.1, 0.15) is 48.2 Å². The molecule has 1 aliphatic heterocycles. The molecule has 0 amide bonds. The van der Waals surface area contributed by atoms with Crippen LogP contribution in [0.2, 0.25) is 0 Å². The van der Waals surface area contributed by atoms with Gasteiger partial charge in [-0.25, -0.2) is 4.98 Å². The van der Waals surface area contributed by atoms with E-state index < -0.39 is 37.3 Å². The first-order chi connectivity index (χ1) is 13.9. The van der Waals surface area contributed by atoms with Gasteiger partial charge in [0, 0.05) is 5.41 Å². The standard InChI is InChI=1S/C20H28N2O6S/c23-8-12-14(24)15(25)16(26)18(28-12)22-19-21-7-13(29-19)17(27)20-4-9-1-10(5-20)3-11(2-9)6-20/h7,9-12,14-16,18,23-26H,1-6,8H2,(H,21,22)/t9?,10?,11?,12?,14-,15?,16?,18+,20?/m1/s1. The minimum atomic E-state index is -1.45. The van der Waals surface area contributed by atoms with Gasteiger partial charge in [-0.1, -0.05) is 11.3 Å². The molecule has 1 aromatic heterocycles. The lowest BCUT2D eigenvalue weighted by molar-refractivity contribution is -0.221. The number of thiazole rings is 1. The number of aromatic nitrogens is 1. The van der Waals surface area contributed by atoms with Crippen LogP contribution in [0.4, 0.5) is 5.13 Å². The number of rotatable bonds is 5. The van der Waals surface area contributed by atoms with Crippen molar-refractivity contribution >= 4 is 22.3 Å². The van der Waals surface area contributed by atoms with E-state index >= 15 is 0 Å². The van der Waals surface area contributed by atoms with E-state index in [1.165, 1.54) is 30.6 Å². The van der Waals surface area contributed by atoms with E-state index in [0.717, 1.165) is 19.3 Å². The quantitative estimate of drug-likeness (QED) is 0.438. The van der Waals surface area contributed by atoms with E-state index in [1.807, 2.05) is 0 Å². The van der Waals surface area contributed by atoms with E-state index in [4.69, 9.17) is 4.74 Å². The van der Waals surface area contributed by atoms with Gasteiger partial charge in [0.1, 0.15) is 24.4 Å². The minimum absolute atomic E-state index is 0.191. The van der Waals surface area contributed by atoms with Gasteiger partial charge in [0.05, 0.1) is 17.7 Å². The molecule has 0 spiro atoms. The molecule has 29 heavy (non-hydrogen) atoms. The molecular weight excluding hydrogens is 396 g/mol. The molecule has 6 rings (SSSR count). The molecule has 9 heteroatoms. The van der Waals surface area contributed by atoms with Crippen LogP contribution >= 0.6 is 11.3 Å². The smallest absolute Gasteiger partial charge is 0.185 e. The summed E-state index contributed by atoms with van der Waals surface area (Å²) in [5.74, 6) is 2.25. The number of aliphatic hydroxyl groups is 4. The van der Waals surface area contributed by atoms with Crippen LogP contribution in [0, 0.1) is 23.2 Å². The fourth-order valence-corrected chi connectivity index (χ4v) is 7.34. The number of aliphatic hydroxyl groups excluding tert-OH is 4. The predicted octanol–water partition coefficient (Wildman–Crippen LogP) is 0.754. The Morgan fingerprint density at radius 1 is 1.10 bits per heavy atom. The maximum absolute atomic E-state index is 13.4. The zero-order valence-corrected chi connectivity index (χ0v) is 16.9. The van der Waals surface area contributed by atoms with Crippen molar-refractivity contribution in [2.75, 3.05) is 11.9 Å². The zero-order chi connectivity index (χ0) is 20.3. The fourth-order valence-electron chi connectivity index (χ4n) is 6.44. The van der Waals surface area contributed by atoms with Gasteiger partial charge in [0.25, 0.3) is 0 Å². The molecule has 2 heterocycles. The predicted molar refractivity (Wildman–Crippen MR) is 104 cm³/mol. The van der Waals surface area contributed by atoms with E-state index in [2.05, 4.69) is 10.3 Å². The molecule has 8 nitrogen and oxygen atoms in total. The summed E-state index contributed by atoms with van der Waals surface area (Å²) in [7, 11) is 0. The first kappa shape index (κ1) is 19.8. The van der Waals surface area contributed by atoms with Gasteiger partial charge in [-0.05, 0) is 56.3 Å². The van der Waals surface area contributed by atoms with Gasteiger partial charge in [-0.15, -0.1) is 0 Å². The van der Waals surface area contributed by atoms with Crippen molar-refractivity contribution in [3.8, 4) is 0 Å². The number of nitrogens with zero attached hydrogens (tertiary/aromatic N) is 1. The second-order valence-electron chi connectivity index (χ2n) is 9.45. The van der Waals surface area contributed by atoms with E-state index in [1.54, 1.807) is 6.20 Å². The second-order valence-corrected chi connectivity index (χ2v) is 10.5. The lowest BCUT2D eigenvalue weighted by Crippen LogP contribution is -2.60. The van der Waals surface area contributed by atoms with Crippen molar-refractivity contribution in [1.82, 2.24) is 4.98 Å². The third kappa shape index (κ3) is 3.32. The highest BCUT2D eigenvalue weighted by Gasteiger charge is 2.55. The number of carbonyl (C=O) groups excluding carboxylic acids is 1. The normalized spacial score (nSPS) is 46.1. The van der Waals surface area contributed by atoms with Gasteiger partial charge in [-0.3, -0.25) is 4.79 Å². The molecule has 0 aromatic carbocycles. The second kappa shape index (κ2) is 7.25. The Labute approximate surface area is 172 Å². The molecule has 4 aliphatic carbocycles. The molecule has 4 saturated carbocycles. The number of ketones is 1. The van der Waals surface area contributed by atoms with Crippen molar-refractivity contribution in [3.63, 3.8) is 0 Å². The molecule has 5 fully saturated rings. The first-order valence-corrected chi connectivity index (χ1v) is 11.3. The molecule has 1 aromatic rings. The number of hydrogen-bond donors (Lipinski definition) is 5. The lowest BCUT2D eigenvalue weighted by Gasteiger charge is -2.55. The van der Waals surface area contributed by atoms with Crippen LogP contribution in [0.3, 0.4) is 0 Å². The first-order valence-electron chi connectivity index (χ1n) is 10.5. The summed E-state index contributed by atoms with van der Waals surface area (Å²) in [6, 6.07) is 0. The monoisotopic (exact) mass is 424 g/mol. The fraction of sp³-hybridized carbons (Fsp3) is 0.800. The van der Waals surface area contributed by atoms with Crippen molar-refractivity contribution in [1.29, 1.82) is 0 Å². The highest BCUT2D eigenvalue weighted by atomic mass is 32.1. The minimum Gasteiger partial charge on any atom is -0.394 e. The number of Topliss-reactive ketones (excluding diaryl/α,β-unsaturated/α-hetero) is 1. The average molecular weight is 425 g/mol. The van der Waals surface area contributed by atoms with Crippen LogP contribution in [0.25, 0.3) is 0 Å². The summed E-state index contributed by atoms with van der Waals surface area (Å²) in [6.07, 6.45) is 2.11. The third-order valence-electron chi connectivity index (χ3n) is 7.41. The SMILES string of the molecule is O=C(c1cnc(N[C@H]2OC(CO)[C@@H](O)C(O)C2O)s1)C12CC3CC(CC(C3)C1)C2. The Morgan fingerprint density at radius 2 is 1.72 bits per heavy atom. The Kier molecular flexibility index (Phi) is 4.96. The van der Waals surface area contributed by atoms with E-state index in [0.29, 0.717) is 27.8 Å². The maximum atomic E-state index is 13.4. The largest absolute Gasteiger partial charge is 0.394 e. The van der Waals surface area contributed by atoms with Gasteiger partial charge < -0.3 is 30.5 Å². The van der Waals surface area contributed by atoms with Gasteiger partial charge in [0.15, 0.2) is 17.1 Å². The number of anilines is 1. The van der Waals surface area contributed by atoms with Gasteiger partial charge >= 0.3 is 0 Å². The Hall–Kier alpha value is -1.10. The molecule has 1 saturated heterocycles. The van der Waals surface area contributed by atoms with Crippen LogP contribution < -0.4 is 5.32 Å². The van der Waals surface area contributed by atoms with Crippen molar-refractivity contribution < 1.29 is 30.0 Å². The van der Waals surface area contributed by atoms with Gasteiger partial charge in [-0.2, -0.15) is 0 Å². The summed E-state index contributed by atoms with van der Waals surface area (Å²) in [6.45, 7) is -0.489. The lowest BCUT2D eigenvalue weighted by atomic mass is 9.48. The molecule has 160 valence electrons. The van der Waals surface area contributed by atoms with Crippen LogP contribution in [-0.4, -0.2) is 68.4 Å². The van der Waals surface area contributed by atoms with E-state index in [-0.39, 0.29) is 11.2 Å². The Morgan fingerprint density at radius 3 is 2.31 bits per heavy atom. The summed E-state index contributed by atoms with van der Waals surface area (Å²) in [5, 5.41) is 42.6. The van der Waals surface area contributed by atoms with E-state index in [9.17, 15) is 25.2 Å². The van der Waals surface area contributed by atoms with Crippen LogP contribution in [0.5, 0.6) is 0 Å². The number of carbonyl (C=O) groups is 1. The Bertz CT molecular complexity index is 747. The number of hydrogen-bond acceptors (Lipinski definition) is 9. The topological polar surface area (TPSA) is 132 Å². The summed E-state index contributed by atoms with van der Waals surface area (Å²) >= 11 is 1.23. The highest BCUT2D eigenvalue weighted by Crippen LogP contribution is 2.61. The van der Waals surface area contributed by atoms with Gasteiger partial charge in [0.2, 0.25) is 0 Å². The van der Waals surface area contributed by atoms with Crippen molar-refractivity contribution in [2.24, 2.45) is 23.2 Å². The molecule has 5 aliphatic rings. The summed E-state index contributed by atoms with van der Waals surface area (Å²) in [4.78, 5) is 18.3. The van der Waals surface area contributed by atoms with Crippen molar-refractivity contribution in [3.05, 3.63) is 11.1 Å². The molecule has 0 radical (unpaired) electrons. The van der Waals surface area contributed by atoms with Crippen molar-refractivity contribution in [2.45, 2.75) is 69.2 Å². The molecule has 3 unspecified atom stereocenters. The highest BCUT2D eigenvalue weighted by molar-refractivity contribution is 7.17. The Balaban J connectivity index is 1.30. The number of ether oxygens (including phenoxy) is 1. The molecular formula is C20H28N2O6S. The number of nitrogens with one attached hydrogen (secondary N) is 1. The molecule has 5 N–H and O–H groups in total. The van der Waals surface area contributed by atoms with Crippen LogP contribution in [0.15, 0.2) is 6.20 Å². The zero-order valence-electron chi connectivity index (χ0n) is 16.1. The summed E-state index contributed by atoms with van der Waals surface area (Å²) < 4.78 is 5.47. The third-order valence-corrected chi connectivity index (χ3v) is 8.33. The summed E-state index contributed by atoms with van der Waals surface area (Å²) in [5.41, 5.74) is -0.234. The van der Waals surface area contributed by atoms with Crippen LogP contribution in [-0.2, 0) is 4.74 Å². The maximum Gasteiger partial charge on any atom is 0.185 e. The molecule has 4 bridgehead atoms.